The summed E-state index contributed by atoms with van der Waals surface area (Å²) in [5, 5.41) is 14.0. The van der Waals surface area contributed by atoms with E-state index in [0.717, 1.165) is 41.5 Å². The number of nitrogens with zero attached hydrogens (tertiary/aromatic N) is 3. The molecule has 0 radical (unpaired) electrons. The van der Waals surface area contributed by atoms with Crippen LogP contribution in [-0.4, -0.2) is 40.0 Å². The molecule has 0 spiro atoms. The van der Waals surface area contributed by atoms with Crippen molar-refractivity contribution in [1.82, 2.24) is 9.97 Å². The van der Waals surface area contributed by atoms with E-state index in [9.17, 15) is 5.11 Å². The number of anilines is 2. The number of hydrogen-bond acceptors (Lipinski definition) is 6. The average Bonchev–Trinajstić information content (AvgIpc) is 3.18. The quantitative estimate of drug-likeness (QED) is 0.806. The fourth-order valence-corrected chi connectivity index (χ4v) is 3.27. The van der Waals surface area contributed by atoms with E-state index in [-0.39, 0.29) is 18.1 Å². The minimum Gasteiger partial charge on any atom is -0.393 e. The standard InChI is InChI=1S/C17H19N5O/c18-17-21-15-7-10(11-5-6-19-9-11)1-4-14(15)16(22-17)20-12-2-3-13(23)8-12/h1,4-7,12-13,23H,2-3,8-9H2,(H3,18,20,21,22)/t12-,13-/m1/s1. The fraction of sp³-hybridized carbons (Fsp3) is 0.353. The maximum absolute atomic E-state index is 9.69. The van der Waals surface area contributed by atoms with Gasteiger partial charge in [0.05, 0.1) is 18.2 Å². The molecule has 6 heteroatoms. The minimum atomic E-state index is -0.223. The Hall–Kier alpha value is -2.47. The molecule has 1 fully saturated rings. The second kappa shape index (κ2) is 5.62. The van der Waals surface area contributed by atoms with E-state index < -0.39 is 0 Å². The van der Waals surface area contributed by atoms with Crippen molar-refractivity contribution in [2.24, 2.45) is 4.99 Å². The first-order valence-corrected chi connectivity index (χ1v) is 7.90. The summed E-state index contributed by atoms with van der Waals surface area (Å²) in [7, 11) is 0. The molecule has 2 aliphatic rings. The van der Waals surface area contributed by atoms with Gasteiger partial charge >= 0.3 is 0 Å². The average molecular weight is 309 g/mol. The number of allylic oxidation sites excluding steroid dienone is 1. The number of aliphatic hydroxyl groups excluding tert-OH is 1. The molecular formula is C17H19N5O. The van der Waals surface area contributed by atoms with Crippen LogP contribution in [0, 0.1) is 0 Å². The maximum Gasteiger partial charge on any atom is 0.222 e. The van der Waals surface area contributed by atoms with Crippen LogP contribution in [0.1, 0.15) is 24.8 Å². The molecule has 1 aromatic carbocycles. The molecule has 1 aliphatic heterocycles. The van der Waals surface area contributed by atoms with Gasteiger partial charge in [-0.15, -0.1) is 0 Å². The Morgan fingerprint density at radius 3 is 2.87 bits per heavy atom. The van der Waals surface area contributed by atoms with Crippen LogP contribution in [0.5, 0.6) is 0 Å². The monoisotopic (exact) mass is 309 g/mol. The van der Waals surface area contributed by atoms with Crippen LogP contribution in [0.4, 0.5) is 11.8 Å². The number of rotatable bonds is 3. The molecule has 1 saturated carbocycles. The van der Waals surface area contributed by atoms with Gasteiger partial charge in [0.15, 0.2) is 0 Å². The highest BCUT2D eigenvalue weighted by molar-refractivity contribution is 5.95. The molecule has 4 N–H and O–H groups in total. The normalized spacial score (nSPS) is 23.4. The number of fused-ring (bicyclic) bond motifs is 1. The highest BCUT2D eigenvalue weighted by Crippen LogP contribution is 2.29. The first-order chi connectivity index (χ1) is 11.2. The Morgan fingerprint density at radius 2 is 2.13 bits per heavy atom. The van der Waals surface area contributed by atoms with Crippen molar-refractivity contribution in [3.05, 3.63) is 29.8 Å². The van der Waals surface area contributed by atoms with E-state index in [0.29, 0.717) is 6.54 Å². The Balaban J connectivity index is 1.70. The lowest BCUT2D eigenvalue weighted by molar-refractivity contribution is 0.182. The summed E-state index contributed by atoms with van der Waals surface area (Å²) in [5.41, 5.74) is 8.99. The Kier molecular flexibility index (Phi) is 3.46. The number of aromatic nitrogens is 2. The summed E-state index contributed by atoms with van der Waals surface area (Å²) in [6.45, 7) is 0.705. The molecule has 23 heavy (non-hydrogen) atoms. The van der Waals surface area contributed by atoms with Crippen LogP contribution in [0.3, 0.4) is 0 Å². The van der Waals surface area contributed by atoms with E-state index in [2.05, 4.69) is 26.3 Å². The van der Waals surface area contributed by atoms with Gasteiger partial charge in [0, 0.05) is 17.6 Å². The SMILES string of the molecule is Nc1nc(N[C@@H]2CC[C@@H](O)C2)c2ccc(C3=CC=NC3)cc2n1. The topological polar surface area (TPSA) is 96.4 Å². The van der Waals surface area contributed by atoms with E-state index in [1.165, 1.54) is 5.57 Å². The third kappa shape index (κ3) is 2.77. The predicted octanol–water partition coefficient (Wildman–Crippen LogP) is 2.01. The van der Waals surface area contributed by atoms with Crippen molar-refractivity contribution in [2.75, 3.05) is 17.6 Å². The summed E-state index contributed by atoms with van der Waals surface area (Å²) in [6, 6.07) is 6.35. The van der Waals surface area contributed by atoms with Crippen molar-refractivity contribution in [1.29, 1.82) is 0 Å². The number of benzene rings is 1. The zero-order chi connectivity index (χ0) is 15.8. The molecule has 1 aromatic heterocycles. The highest BCUT2D eigenvalue weighted by atomic mass is 16.3. The molecule has 4 rings (SSSR count). The fourth-order valence-electron chi connectivity index (χ4n) is 3.27. The van der Waals surface area contributed by atoms with Gasteiger partial charge in [0.25, 0.3) is 0 Å². The molecular weight excluding hydrogens is 290 g/mol. The Morgan fingerprint density at radius 1 is 1.22 bits per heavy atom. The number of nitrogen functional groups attached to an aromatic ring is 1. The molecule has 2 heterocycles. The van der Waals surface area contributed by atoms with Gasteiger partial charge in [-0.2, -0.15) is 4.98 Å². The van der Waals surface area contributed by atoms with Gasteiger partial charge in [0.1, 0.15) is 5.82 Å². The number of nitrogens with one attached hydrogen (secondary N) is 1. The Labute approximate surface area is 134 Å². The maximum atomic E-state index is 9.69. The van der Waals surface area contributed by atoms with Crippen LogP contribution in [0.2, 0.25) is 0 Å². The third-order valence-corrected chi connectivity index (χ3v) is 4.47. The molecule has 2 aromatic rings. The zero-order valence-corrected chi connectivity index (χ0v) is 12.7. The molecule has 2 atom stereocenters. The van der Waals surface area contributed by atoms with Crippen molar-refractivity contribution in [3.63, 3.8) is 0 Å². The Bertz CT molecular complexity index is 814. The second-order valence-corrected chi connectivity index (χ2v) is 6.15. The number of aliphatic imine (C=N–C) groups is 1. The van der Waals surface area contributed by atoms with Crippen LogP contribution >= 0.6 is 0 Å². The summed E-state index contributed by atoms with van der Waals surface area (Å²) >= 11 is 0. The largest absolute Gasteiger partial charge is 0.393 e. The summed E-state index contributed by atoms with van der Waals surface area (Å²) in [6.07, 6.45) is 6.13. The van der Waals surface area contributed by atoms with Crippen LogP contribution in [0.15, 0.2) is 29.3 Å². The molecule has 118 valence electrons. The molecule has 0 bridgehead atoms. The van der Waals surface area contributed by atoms with Gasteiger partial charge in [-0.25, -0.2) is 4.98 Å². The molecule has 0 saturated heterocycles. The van der Waals surface area contributed by atoms with Gasteiger partial charge in [-0.05, 0) is 48.6 Å². The lowest BCUT2D eigenvalue weighted by Crippen LogP contribution is -2.18. The number of aliphatic hydroxyl groups is 1. The summed E-state index contributed by atoms with van der Waals surface area (Å²) in [5.74, 6) is 1.00. The molecule has 6 nitrogen and oxygen atoms in total. The lowest BCUT2D eigenvalue weighted by atomic mass is 10.0. The van der Waals surface area contributed by atoms with Gasteiger partial charge < -0.3 is 16.2 Å². The number of nitrogens with two attached hydrogens (primary N) is 1. The van der Waals surface area contributed by atoms with Crippen molar-refractivity contribution >= 4 is 34.5 Å². The van der Waals surface area contributed by atoms with E-state index >= 15 is 0 Å². The first kappa shape index (κ1) is 14.1. The first-order valence-electron chi connectivity index (χ1n) is 7.90. The van der Waals surface area contributed by atoms with E-state index in [1.54, 1.807) is 0 Å². The van der Waals surface area contributed by atoms with Crippen LogP contribution in [0.25, 0.3) is 16.5 Å². The lowest BCUT2D eigenvalue weighted by Gasteiger charge is -2.15. The predicted molar refractivity (Wildman–Crippen MR) is 92.6 cm³/mol. The van der Waals surface area contributed by atoms with Crippen LogP contribution < -0.4 is 11.1 Å². The molecule has 0 amide bonds. The minimum absolute atomic E-state index is 0.223. The van der Waals surface area contributed by atoms with E-state index in [1.807, 2.05) is 24.4 Å². The van der Waals surface area contributed by atoms with Gasteiger partial charge in [-0.3, -0.25) is 4.99 Å². The second-order valence-electron chi connectivity index (χ2n) is 6.15. The van der Waals surface area contributed by atoms with E-state index in [4.69, 9.17) is 5.73 Å². The molecule has 1 aliphatic carbocycles. The summed E-state index contributed by atoms with van der Waals surface area (Å²) < 4.78 is 0. The van der Waals surface area contributed by atoms with Gasteiger partial charge in [-0.1, -0.05) is 6.07 Å². The van der Waals surface area contributed by atoms with Crippen molar-refractivity contribution in [3.8, 4) is 0 Å². The van der Waals surface area contributed by atoms with Crippen molar-refractivity contribution in [2.45, 2.75) is 31.4 Å². The smallest absolute Gasteiger partial charge is 0.222 e. The highest BCUT2D eigenvalue weighted by Gasteiger charge is 2.23. The third-order valence-electron chi connectivity index (χ3n) is 4.47. The van der Waals surface area contributed by atoms with Gasteiger partial charge in [0.2, 0.25) is 5.95 Å². The summed E-state index contributed by atoms with van der Waals surface area (Å²) in [4.78, 5) is 12.9. The molecule has 0 unspecified atom stereocenters. The van der Waals surface area contributed by atoms with Crippen molar-refractivity contribution < 1.29 is 5.11 Å². The number of hydrogen-bond donors (Lipinski definition) is 3. The zero-order valence-electron chi connectivity index (χ0n) is 12.7. The van der Waals surface area contributed by atoms with Crippen LogP contribution in [-0.2, 0) is 0 Å².